The largest absolute Gasteiger partial charge is 0.496 e. The van der Waals surface area contributed by atoms with Gasteiger partial charge in [0, 0.05) is 70.1 Å². The van der Waals surface area contributed by atoms with E-state index < -0.39 is 81.0 Å². The van der Waals surface area contributed by atoms with Crippen LogP contribution in [0.3, 0.4) is 0 Å². The second kappa shape index (κ2) is 23.2. The third kappa shape index (κ3) is 12.6. The van der Waals surface area contributed by atoms with Crippen LogP contribution in [-0.4, -0.2) is 53.5 Å². The van der Waals surface area contributed by atoms with E-state index in [2.05, 4.69) is 257 Å². The van der Waals surface area contributed by atoms with E-state index in [1.54, 1.807) is 0 Å². The minimum absolute atomic E-state index is 0.394. The van der Waals surface area contributed by atoms with Crippen LogP contribution in [0, 0.1) is 0 Å². The smallest absolute Gasteiger partial charge is 0.292 e. The lowest BCUT2D eigenvalue weighted by molar-refractivity contribution is -0.214. The molecule has 0 unspecified atom stereocenters. The van der Waals surface area contributed by atoms with Gasteiger partial charge in [0.2, 0.25) is 0 Å². The zero-order valence-corrected chi connectivity index (χ0v) is 60.3. The second-order valence-corrected chi connectivity index (χ2v) is 35.2. The fourth-order valence-electron chi connectivity index (χ4n) is 13.7. The summed E-state index contributed by atoms with van der Waals surface area (Å²) in [5.41, 5.74) is 7.04. The molecule has 9 nitrogen and oxygen atoms in total. The molecule has 0 radical (unpaired) electrons. The molecule has 0 N–H and O–H groups in total. The summed E-state index contributed by atoms with van der Waals surface area (Å²) in [6, 6.07) is 29.6. The third-order valence-corrected chi connectivity index (χ3v) is 20.2. The van der Waals surface area contributed by atoms with Crippen LogP contribution in [0.15, 0.2) is 78.9 Å². The van der Waals surface area contributed by atoms with Crippen LogP contribution in [0.5, 0.6) is 23.0 Å². The summed E-state index contributed by atoms with van der Waals surface area (Å²) in [5.74, 6) is 2.44. The van der Waals surface area contributed by atoms with Crippen LogP contribution < -0.4 is 23.6 Å². The van der Waals surface area contributed by atoms with Crippen molar-refractivity contribution in [1.29, 1.82) is 0 Å². The van der Waals surface area contributed by atoms with Gasteiger partial charge >= 0.3 is 0 Å². The van der Waals surface area contributed by atoms with E-state index in [9.17, 15) is 0 Å². The first-order valence-electron chi connectivity index (χ1n) is 32.1. The van der Waals surface area contributed by atoms with E-state index in [4.69, 9.17) is 37.5 Å². The number of hydrogen-bond donors (Lipinski definition) is 0. The summed E-state index contributed by atoms with van der Waals surface area (Å²) in [5, 5.41) is 0. The molecule has 1 spiro atoms. The van der Waals surface area contributed by atoms with Gasteiger partial charge in [-0.1, -0.05) is 191 Å². The molecular weight excluding hydrogens is 1100 g/mol. The minimum Gasteiger partial charge on any atom is -0.496 e. The van der Waals surface area contributed by atoms with Gasteiger partial charge in [-0.3, -0.25) is 9.05 Å². The normalized spacial score (nSPS) is 19.6. The first-order valence-corrected chi connectivity index (χ1v) is 33.3. The molecule has 1 aliphatic carbocycles. The number of methoxy groups -OCH3 is 4. The van der Waals surface area contributed by atoms with Gasteiger partial charge in [-0.15, -0.1) is 0 Å². The highest BCUT2D eigenvalue weighted by Gasteiger charge is 2.70. The number of anilines is 1. The van der Waals surface area contributed by atoms with Crippen molar-refractivity contribution in [3.63, 3.8) is 0 Å². The Morgan fingerprint density at radius 3 is 0.805 bits per heavy atom. The van der Waals surface area contributed by atoms with Gasteiger partial charge in [0.15, 0.2) is 17.0 Å². The molecule has 478 valence electrons. The summed E-state index contributed by atoms with van der Waals surface area (Å²) in [6.45, 7) is 54.9. The summed E-state index contributed by atoms with van der Waals surface area (Å²) >= 11 is 0. The lowest BCUT2D eigenvalue weighted by Crippen LogP contribution is -2.54. The number of ether oxygens (including phenoxy) is 6. The van der Waals surface area contributed by atoms with Gasteiger partial charge in [-0.25, -0.2) is 0 Å². The Morgan fingerprint density at radius 2 is 0.598 bits per heavy atom. The van der Waals surface area contributed by atoms with E-state index in [0.717, 1.165) is 115 Å². The van der Waals surface area contributed by atoms with E-state index in [1.165, 1.54) is 0 Å². The number of nitrogens with zero attached hydrogens (tertiary/aromatic N) is 1. The zero-order chi connectivity index (χ0) is 65.0. The van der Waals surface area contributed by atoms with Crippen molar-refractivity contribution in [2.75, 3.05) is 40.2 Å². The summed E-state index contributed by atoms with van der Waals surface area (Å²) in [7, 11) is 7.15. The third-order valence-electron chi connectivity index (χ3n) is 18.5. The maximum atomic E-state index is 8.86. The molecule has 3 fully saturated rings. The van der Waals surface area contributed by atoms with Gasteiger partial charge < -0.3 is 33.1 Å². The molecule has 2 heterocycles. The monoisotopic (exact) mass is 1210 g/mol. The first-order chi connectivity index (χ1) is 39.8. The highest BCUT2D eigenvalue weighted by Crippen LogP contribution is 2.69. The Kier molecular flexibility index (Phi) is 18.2. The Hall–Kier alpha value is -4.63. The Balaban J connectivity index is 1.78. The Morgan fingerprint density at radius 1 is 0.368 bits per heavy atom. The molecule has 5 aromatic rings. The molecule has 2 atom stereocenters. The molecule has 0 amide bonds. The maximum absolute atomic E-state index is 8.86. The highest BCUT2D eigenvalue weighted by molar-refractivity contribution is 7.49. The fraction of sp³-hybridized carbons (Fsp3) is 0.610. The Labute approximate surface area is 528 Å². The van der Waals surface area contributed by atoms with Crippen molar-refractivity contribution in [2.45, 2.75) is 271 Å². The molecule has 3 aliphatic rings. The van der Waals surface area contributed by atoms with Crippen LogP contribution in [0.1, 0.15) is 265 Å². The quantitative estimate of drug-likeness (QED) is 0.127. The van der Waals surface area contributed by atoms with Crippen molar-refractivity contribution in [1.82, 2.24) is 0 Å². The topological polar surface area (TPSA) is 77.1 Å². The number of rotatable bonds is 10. The molecule has 0 bridgehead atoms. The predicted octanol–water partition coefficient (Wildman–Crippen LogP) is 20.1. The van der Waals surface area contributed by atoms with Crippen molar-refractivity contribution >= 4 is 14.2 Å². The number of hydrogen-bond acceptors (Lipinski definition) is 9. The van der Waals surface area contributed by atoms with E-state index in [-0.39, 0.29) is 0 Å². The average Bonchev–Trinajstić information content (AvgIpc) is 1.59. The standard InChI is InChI=1S/C77H112NO8P/c1-67(2,3)53-40-48(41-54(61(53)79-26)68(4,5)6)76(49-42-55(69(7,8)9)62(80-27)56(43-49)70(10,11)12)65-66(84-75(83-65)38-34-31-35-39-75)77(86-87(85-76)78(25)52-36-32-30-33-37-52,50-44-57(71(13,14)15)63(81-28)58(45-50)72(16,17)18)51-46-59(73(19,20)21)64(82-29)60(47-51)74(22,23)24/h30,32-33,36-37,40-47,65-66H,31,34-35,38-39H2,1-29H3/t65-,66-/m1/s1. The van der Waals surface area contributed by atoms with Crippen LogP contribution in [0.2, 0.25) is 0 Å². The SMILES string of the molecule is COc1c(C(C)(C)C)cc(C2(c3cc(C(C)(C)C)c(OC)c(C(C)(C)C)c3)OP(N(C)c3ccccc3)OC(c3cc(C(C)(C)C)c(OC)c(C(C)(C)C)c3)(c3cc(C(C)(C)C)c(OC)c(C(C)(C)C)c3)[C@@H]3OC4(CCCCC4)O[C@H]32)cc1C(C)(C)C. The number of para-hydroxylation sites is 1. The lowest BCUT2D eigenvalue weighted by atomic mass is 9.66. The molecule has 87 heavy (non-hydrogen) atoms. The van der Waals surface area contributed by atoms with Crippen LogP contribution in [0.4, 0.5) is 5.69 Å². The fourth-order valence-corrected chi connectivity index (χ4v) is 15.4. The maximum Gasteiger partial charge on any atom is 0.292 e. The highest BCUT2D eigenvalue weighted by atomic mass is 31.2. The van der Waals surface area contributed by atoms with E-state index >= 15 is 0 Å². The Bertz CT molecular complexity index is 2800. The molecule has 8 rings (SSSR count). The molecule has 2 saturated heterocycles. The first kappa shape index (κ1) is 68.3. The van der Waals surface area contributed by atoms with Crippen molar-refractivity contribution in [3.8, 4) is 23.0 Å². The van der Waals surface area contributed by atoms with E-state index in [0.29, 0.717) is 12.8 Å². The zero-order valence-electron chi connectivity index (χ0n) is 59.4. The van der Waals surface area contributed by atoms with Crippen molar-refractivity contribution in [2.24, 2.45) is 0 Å². The van der Waals surface area contributed by atoms with Crippen LogP contribution in [0.25, 0.3) is 0 Å². The minimum atomic E-state index is -2.26. The van der Waals surface area contributed by atoms with E-state index in [1.807, 2.05) is 28.4 Å². The molecule has 10 heteroatoms. The van der Waals surface area contributed by atoms with Gasteiger partial charge in [0.25, 0.3) is 8.53 Å². The summed E-state index contributed by atoms with van der Waals surface area (Å²) in [6.07, 6.45) is 2.56. The van der Waals surface area contributed by atoms with Crippen molar-refractivity contribution in [3.05, 3.63) is 146 Å². The molecule has 1 saturated carbocycles. The van der Waals surface area contributed by atoms with Crippen molar-refractivity contribution < 1.29 is 37.5 Å². The number of benzene rings is 5. The summed E-state index contributed by atoms with van der Waals surface area (Å²) < 4.78 is 63.6. The molecule has 5 aromatic carbocycles. The summed E-state index contributed by atoms with van der Waals surface area (Å²) in [4.78, 5) is 0. The van der Waals surface area contributed by atoms with Gasteiger partial charge in [0.1, 0.15) is 35.2 Å². The average molecular weight is 1210 g/mol. The lowest BCUT2D eigenvalue weighted by Gasteiger charge is -2.44. The van der Waals surface area contributed by atoms with Gasteiger partial charge in [-0.05, 0) is 139 Å². The van der Waals surface area contributed by atoms with Gasteiger partial charge in [0.05, 0.1) is 28.4 Å². The van der Waals surface area contributed by atoms with Crippen LogP contribution in [-0.2, 0) is 73.0 Å². The van der Waals surface area contributed by atoms with Gasteiger partial charge in [-0.2, -0.15) is 0 Å². The predicted molar refractivity (Wildman–Crippen MR) is 363 cm³/mol. The molecule has 2 aliphatic heterocycles. The number of fused-ring (bicyclic) bond motifs is 1. The molecular formula is C77H112NO8P. The molecule has 0 aromatic heterocycles. The second-order valence-electron chi connectivity index (χ2n) is 33.7. The van der Waals surface area contributed by atoms with Crippen LogP contribution >= 0.6 is 8.53 Å².